The van der Waals surface area contributed by atoms with Gasteiger partial charge in [0.15, 0.2) is 6.10 Å². The lowest BCUT2D eigenvalue weighted by Gasteiger charge is -2.14. The van der Waals surface area contributed by atoms with E-state index in [0.717, 1.165) is 4.90 Å². The van der Waals surface area contributed by atoms with Crippen LogP contribution in [-0.4, -0.2) is 29.6 Å². The average Bonchev–Trinajstić information content (AvgIpc) is 2.83. The van der Waals surface area contributed by atoms with Crippen LogP contribution in [0.5, 0.6) is 0 Å². The van der Waals surface area contributed by atoms with E-state index in [4.69, 9.17) is 16.3 Å². The molecule has 0 unspecified atom stereocenters. The zero-order chi connectivity index (χ0) is 19.4. The van der Waals surface area contributed by atoms with E-state index in [1.165, 1.54) is 6.92 Å². The summed E-state index contributed by atoms with van der Waals surface area (Å²) in [4.78, 5) is 37.2. The third-order valence-corrected chi connectivity index (χ3v) is 5.17. The molecule has 0 aromatic heterocycles. The standard InChI is InChI=1S/C19H17ClN2O4S/c1-11(18(24)21-14-5-3-13(20)4-6-14)26-19(25)12-2-7-16-15(10-12)22-17(23)8-9-27-16/h2-7,10-11H,8-9H2,1H3,(H,21,24)(H,22,23)/t11-/m1/s1. The van der Waals surface area contributed by atoms with E-state index in [1.54, 1.807) is 54.2 Å². The molecule has 0 saturated carbocycles. The van der Waals surface area contributed by atoms with Crippen LogP contribution in [0.2, 0.25) is 5.02 Å². The Kier molecular flexibility index (Phi) is 6.03. The zero-order valence-electron chi connectivity index (χ0n) is 14.5. The van der Waals surface area contributed by atoms with Crippen molar-refractivity contribution < 1.29 is 19.1 Å². The van der Waals surface area contributed by atoms with E-state index in [9.17, 15) is 14.4 Å². The highest BCUT2D eigenvalue weighted by atomic mass is 35.5. The van der Waals surface area contributed by atoms with Gasteiger partial charge >= 0.3 is 5.97 Å². The molecule has 1 heterocycles. The molecule has 1 aliphatic heterocycles. The molecule has 8 heteroatoms. The van der Waals surface area contributed by atoms with Gasteiger partial charge in [-0.3, -0.25) is 9.59 Å². The van der Waals surface area contributed by atoms with Gasteiger partial charge in [-0.1, -0.05) is 11.6 Å². The third-order valence-electron chi connectivity index (χ3n) is 3.84. The Morgan fingerprint density at radius 3 is 2.70 bits per heavy atom. The highest BCUT2D eigenvalue weighted by Gasteiger charge is 2.21. The van der Waals surface area contributed by atoms with Crippen LogP contribution < -0.4 is 10.6 Å². The second-order valence-corrected chi connectivity index (χ2v) is 7.47. The molecule has 0 bridgehead atoms. The SMILES string of the molecule is C[C@@H](OC(=O)c1ccc2c(c1)NC(=O)CCS2)C(=O)Nc1ccc(Cl)cc1. The first-order valence-electron chi connectivity index (χ1n) is 8.26. The molecule has 1 aliphatic rings. The maximum atomic E-state index is 12.4. The molecule has 0 saturated heterocycles. The van der Waals surface area contributed by atoms with Crippen LogP contribution in [0.3, 0.4) is 0 Å². The number of benzene rings is 2. The second kappa shape index (κ2) is 8.45. The molecule has 2 aromatic carbocycles. The highest BCUT2D eigenvalue weighted by Crippen LogP contribution is 2.31. The number of carbonyl (C=O) groups excluding carboxylic acids is 3. The van der Waals surface area contributed by atoms with Crippen LogP contribution in [0.15, 0.2) is 47.4 Å². The molecule has 27 heavy (non-hydrogen) atoms. The lowest BCUT2D eigenvalue weighted by Crippen LogP contribution is -2.30. The number of halogens is 1. The van der Waals surface area contributed by atoms with E-state index in [1.807, 2.05) is 0 Å². The summed E-state index contributed by atoms with van der Waals surface area (Å²) >= 11 is 7.35. The van der Waals surface area contributed by atoms with Gasteiger partial charge in [0.2, 0.25) is 5.91 Å². The van der Waals surface area contributed by atoms with Crippen molar-refractivity contribution >= 4 is 52.5 Å². The van der Waals surface area contributed by atoms with Crippen molar-refractivity contribution in [1.29, 1.82) is 0 Å². The van der Waals surface area contributed by atoms with E-state index >= 15 is 0 Å². The molecular formula is C19H17ClN2O4S. The Labute approximate surface area is 165 Å². The first kappa shape index (κ1) is 19.3. The molecule has 0 fully saturated rings. The number of ether oxygens (including phenoxy) is 1. The molecule has 2 aromatic rings. The van der Waals surface area contributed by atoms with Crippen molar-refractivity contribution in [1.82, 2.24) is 0 Å². The predicted octanol–water partition coefficient (Wildman–Crippen LogP) is 3.96. The minimum atomic E-state index is -0.990. The highest BCUT2D eigenvalue weighted by molar-refractivity contribution is 7.99. The maximum Gasteiger partial charge on any atom is 0.338 e. The first-order valence-corrected chi connectivity index (χ1v) is 9.63. The van der Waals surface area contributed by atoms with Gasteiger partial charge in [0.25, 0.3) is 5.91 Å². The monoisotopic (exact) mass is 404 g/mol. The average molecular weight is 405 g/mol. The second-order valence-electron chi connectivity index (χ2n) is 5.90. The van der Waals surface area contributed by atoms with Gasteiger partial charge in [-0.25, -0.2) is 4.79 Å². The number of rotatable bonds is 4. The van der Waals surface area contributed by atoms with E-state index < -0.39 is 18.0 Å². The Morgan fingerprint density at radius 2 is 1.96 bits per heavy atom. The van der Waals surface area contributed by atoms with Gasteiger partial charge in [0.05, 0.1) is 11.3 Å². The number of carbonyl (C=O) groups is 3. The van der Waals surface area contributed by atoms with Gasteiger partial charge in [0.1, 0.15) is 0 Å². The van der Waals surface area contributed by atoms with Gasteiger partial charge < -0.3 is 15.4 Å². The third kappa shape index (κ3) is 5.02. The number of hydrogen-bond donors (Lipinski definition) is 2. The van der Waals surface area contributed by atoms with Crippen molar-refractivity contribution in [2.45, 2.75) is 24.3 Å². The summed E-state index contributed by atoms with van der Waals surface area (Å²) < 4.78 is 5.25. The summed E-state index contributed by atoms with van der Waals surface area (Å²) in [6.07, 6.45) is -0.572. The molecule has 1 atom stereocenters. The van der Waals surface area contributed by atoms with Gasteiger partial charge in [-0.2, -0.15) is 0 Å². The van der Waals surface area contributed by atoms with Gasteiger partial charge in [-0.05, 0) is 49.4 Å². The molecule has 6 nitrogen and oxygen atoms in total. The summed E-state index contributed by atoms with van der Waals surface area (Å²) in [7, 11) is 0. The number of thioether (sulfide) groups is 1. The summed E-state index contributed by atoms with van der Waals surface area (Å²) in [5.41, 5.74) is 1.40. The number of amides is 2. The minimum absolute atomic E-state index is 0.0949. The van der Waals surface area contributed by atoms with Gasteiger partial charge in [-0.15, -0.1) is 11.8 Å². The van der Waals surface area contributed by atoms with E-state index in [-0.39, 0.29) is 11.5 Å². The maximum absolute atomic E-state index is 12.4. The van der Waals surface area contributed by atoms with Gasteiger partial charge in [0, 0.05) is 27.8 Å². The Bertz CT molecular complexity index is 886. The molecular weight excluding hydrogens is 388 g/mol. The van der Waals surface area contributed by atoms with Crippen molar-refractivity contribution in [2.75, 3.05) is 16.4 Å². The first-order chi connectivity index (χ1) is 12.9. The van der Waals surface area contributed by atoms with Crippen LogP contribution in [0.25, 0.3) is 0 Å². The zero-order valence-corrected chi connectivity index (χ0v) is 16.0. The van der Waals surface area contributed by atoms with Crippen molar-refractivity contribution in [3.63, 3.8) is 0 Å². The molecule has 0 radical (unpaired) electrons. The molecule has 2 N–H and O–H groups in total. The van der Waals surface area contributed by atoms with Crippen LogP contribution in [-0.2, 0) is 14.3 Å². The van der Waals surface area contributed by atoms with Crippen molar-refractivity contribution in [2.24, 2.45) is 0 Å². The quantitative estimate of drug-likeness (QED) is 0.753. The van der Waals surface area contributed by atoms with Crippen LogP contribution in [0, 0.1) is 0 Å². The summed E-state index contributed by atoms with van der Waals surface area (Å²) in [6.45, 7) is 1.49. The van der Waals surface area contributed by atoms with Crippen molar-refractivity contribution in [3.05, 3.63) is 53.1 Å². The fraction of sp³-hybridized carbons (Fsp3) is 0.211. The Morgan fingerprint density at radius 1 is 1.22 bits per heavy atom. The lowest BCUT2D eigenvalue weighted by atomic mass is 10.2. The number of hydrogen-bond acceptors (Lipinski definition) is 5. The lowest BCUT2D eigenvalue weighted by molar-refractivity contribution is -0.123. The fourth-order valence-corrected chi connectivity index (χ4v) is 3.47. The number of esters is 1. The largest absolute Gasteiger partial charge is 0.449 e. The number of nitrogens with one attached hydrogen (secondary N) is 2. The summed E-state index contributed by atoms with van der Waals surface area (Å²) in [5.74, 6) is -0.503. The van der Waals surface area contributed by atoms with E-state index in [2.05, 4.69) is 10.6 Å². The molecule has 0 spiro atoms. The summed E-state index contributed by atoms with van der Waals surface area (Å²) in [5, 5.41) is 5.98. The molecule has 3 rings (SSSR count). The van der Waals surface area contributed by atoms with Crippen LogP contribution in [0.1, 0.15) is 23.7 Å². The topological polar surface area (TPSA) is 84.5 Å². The Balaban J connectivity index is 1.65. The smallest absolute Gasteiger partial charge is 0.338 e. The molecule has 140 valence electrons. The van der Waals surface area contributed by atoms with Crippen LogP contribution in [0.4, 0.5) is 11.4 Å². The molecule has 2 amide bonds. The molecule has 0 aliphatic carbocycles. The normalized spacial score (nSPS) is 14.4. The predicted molar refractivity (Wildman–Crippen MR) is 105 cm³/mol. The summed E-state index contributed by atoms with van der Waals surface area (Å²) in [6, 6.07) is 11.6. The van der Waals surface area contributed by atoms with Crippen molar-refractivity contribution in [3.8, 4) is 0 Å². The van der Waals surface area contributed by atoms with Crippen LogP contribution >= 0.6 is 23.4 Å². The van der Waals surface area contributed by atoms with E-state index in [0.29, 0.717) is 28.6 Å². The Hall–Kier alpha value is -2.51. The number of anilines is 2. The number of fused-ring (bicyclic) bond motifs is 1. The minimum Gasteiger partial charge on any atom is -0.449 e. The fourth-order valence-electron chi connectivity index (χ4n) is 2.41.